The highest BCUT2D eigenvalue weighted by Gasteiger charge is 2.19. The number of H-pyrrole nitrogens is 2. The molecule has 0 saturated heterocycles. The minimum absolute atomic E-state index is 0.306. The third-order valence-corrected chi connectivity index (χ3v) is 4.36. The second-order valence-corrected chi connectivity index (χ2v) is 5.82. The summed E-state index contributed by atoms with van der Waals surface area (Å²) in [7, 11) is 1.65. The van der Waals surface area contributed by atoms with Crippen LogP contribution in [0.5, 0.6) is 0 Å². The molecule has 0 aromatic carbocycles. The fourth-order valence-electron chi connectivity index (χ4n) is 3.15. The van der Waals surface area contributed by atoms with Crippen LogP contribution in [0, 0.1) is 0 Å². The molecule has 3 heterocycles. The van der Waals surface area contributed by atoms with Gasteiger partial charge in [0.25, 0.3) is 5.91 Å². The Morgan fingerprint density at radius 2 is 2.24 bits per heavy atom. The maximum Gasteiger partial charge on any atom is 0.278 e. The van der Waals surface area contributed by atoms with E-state index in [-0.39, 0.29) is 5.91 Å². The van der Waals surface area contributed by atoms with Gasteiger partial charge in [0.1, 0.15) is 16.8 Å². The monoisotopic (exact) mass is 338 g/mol. The van der Waals surface area contributed by atoms with Gasteiger partial charge in [-0.15, -0.1) is 0 Å². The summed E-state index contributed by atoms with van der Waals surface area (Å²) in [6.45, 7) is 0.794. The van der Waals surface area contributed by atoms with Crippen molar-refractivity contribution in [3.05, 3.63) is 40.6 Å². The SMILES string of the molecule is COC1=c2nc(NC(=O)c3c[nH]cn3)[nH]c2=C(C2=CC=NCC2)CC1. The molecule has 3 N–H and O–H groups in total. The summed E-state index contributed by atoms with van der Waals surface area (Å²) in [5, 5.41) is 4.41. The number of aromatic nitrogens is 4. The summed E-state index contributed by atoms with van der Waals surface area (Å²) >= 11 is 0. The molecule has 0 atom stereocenters. The van der Waals surface area contributed by atoms with E-state index in [2.05, 4.69) is 30.2 Å². The number of hydrogen-bond donors (Lipinski definition) is 3. The number of nitrogens with one attached hydrogen (secondary N) is 3. The first-order chi connectivity index (χ1) is 12.3. The number of rotatable bonds is 4. The molecule has 0 radical (unpaired) electrons. The van der Waals surface area contributed by atoms with E-state index in [9.17, 15) is 4.79 Å². The molecule has 0 bridgehead atoms. The minimum atomic E-state index is -0.322. The highest BCUT2D eigenvalue weighted by Crippen LogP contribution is 2.24. The van der Waals surface area contributed by atoms with Crippen molar-refractivity contribution in [1.82, 2.24) is 19.9 Å². The molecular formula is C17H18N6O2. The van der Waals surface area contributed by atoms with Crippen LogP contribution < -0.4 is 16.0 Å². The number of dihydropyridines is 1. The van der Waals surface area contributed by atoms with Gasteiger partial charge in [-0.2, -0.15) is 0 Å². The number of allylic oxidation sites excluding steroid dienone is 1. The largest absolute Gasteiger partial charge is 0.499 e. The molecule has 8 nitrogen and oxygen atoms in total. The van der Waals surface area contributed by atoms with E-state index >= 15 is 0 Å². The lowest BCUT2D eigenvalue weighted by Crippen LogP contribution is -2.34. The second kappa shape index (κ2) is 6.39. The summed E-state index contributed by atoms with van der Waals surface area (Å²) in [4.78, 5) is 30.9. The standard InChI is InChI=1S/C17H18N6O2/c1-25-13-3-2-11(10-4-6-18-7-5-10)14-15(13)22-17(21-14)23-16(24)12-8-19-9-20-12/h4,6,8-9H,2-3,5,7H2,1H3,(H,19,20)(H2,21,22,23,24). The number of amides is 1. The van der Waals surface area contributed by atoms with Crippen molar-refractivity contribution in [1.29, 1.82) is 0 Å². The highest BCUT2D eigenvalue weighted by atomic mass is 16.5. The van der Waals surface area contributed by atoms with Crippen molar-refractivity contribution in [2.75, 3.05) is 19.0 Å². The molecule has 2 aromatic rings. The number of methoxy groups -OCH3 is 1. The maximum atomic E-state index is 12.2. The van der Waals surface area contributed by atoms with Gasteiger partial charge in [-0.25, -0.2) is 9.97 Å². The van der Waals surface area contributed by atoms with Crippen LogP contribution >= 0.6 is 0 Å². The highest BCUT2D eigenvalue weighted by molar-refractivity contribution is 6.01. The predicted octanol–water partition coefficient (Wildman–Crippen LogP) is 0.485. The minimum Gasteiger partial charge on any atom is -0.499 e. The third kappa shape index (κ3) is 2.86. The summed E-state index contributed by atoms with van der Waals surface area (Å²) in [5.74, 6) is 0.884. The van der Waals surface area contributed by atoms with Crippen LogP contribution in [0.3, 0.4) is 0 Å². The van der Waals surface area contributed by atoms with Crippen LogP contribution in [0.25, 0.3) is 11.3 Å². The normalized spacial score (nSPS) is 16.4. The number of aromatic amines is 2. The molecule has 1 aliphatic heterocycles. The zero-order valence-corrected chi connectivity index (χ0v) is 13.8. The van der Waals surface area contributed by atoms with Crippen molar-refractivity contribution >= 4 is 29.4 Å². The predicted molar refractivity (Wildman–Crippen MR) is 93.5 cm³/mol. The molecule has 0 unspecified atom stereocenters. The molecule has 8 heteroatoms. The Morgan fingerprint density at radius 1 is 1.32 bits per heavy atom. The first kappa shape index (κ1) is 15.4. The Hall–Kier alpha value is -3.16. The Morgan fingerprint density at radius 3 is 2.96 bits per heavy atom. The van der Waals surface area contributed by atoms with E-state index in [1.807, 2.05) is 12.3 Å². The van der Waals surface area contributed by atoms with Gasteiger partial charge < -0.3 is 14.7 Å². The molecule has 1 aliphatic carbocycles. The maximum absolute atomic E-state index is 12.2. The van der Waals surface area contributed by atoms with Crippen molar-refractivity contribution in [2.24, 2.45) is 4.99 Å². The number of nitrogens with zero attached hydrogens (tertiary/aromatic N) is 3. The molecule has 2 aliphatic rings. The number of fused-ring (bicyclic) bond motifs is 1. The van der Waals surface area contributed by atoms with E-state index < -0.39 is 0 Å². The molecular weight excluding hydrogens is 320 g/mol. The summed E-state index contributed by atoms with van der Waals surface area (Å²) < 4.78 is 5.49. The second-order valence-electron chi connectivity index (χ2n) is 5.82. The first-order valence-electron chi connectivity index (χ1n) is 8.12. The molecule has 1 amide bonds. The molecule has 2 aromatic heterocycles. The number of imidazole rings is 2. The lowest BCUT2D eigenvalue weighted by molar-refractivity contribution is 0.102. The van der Waals surface area contributed by atoms with Gasteiger partial charge in [-0.05, 0) is 30.1 Å². The van der Waals surface area contributed by atoms with Crippen molar-refractivity contribution in [2.45, 2.75) is 19.3 Å². The number of anilines is 1. The van der Waals surface area contributed by atoms with Gasteiger partial charge in [0.2, 0.25) is 5.95 Å². The fourth-order valence-corrected chi connectivity index (χ4v) is 3.15. The lowest BCUT2D eigenvalue weighted by Gasteiger charge is -2.16. The van der Waals surface area contributed by atoms with Gasteiger partial charge in [0.05, 0.1) is 18.8 Å². The molecule has 0 spiro atoms. The van der Waals surface area contributed by atoms with E-state index in [1.54, 1.807) is 7.11 Å². The van der Waals surface area contributed by atoms with Gasteiger partial charge >= 0.3 is 0 Å². The van der Waals surface area contributed by atoms with Gasteiger partial charge in [0.15, 0.2) is 0 Å². The van der Waals surface area contributed by atoms with Crippen LogP contribution in [0.2, 0.25) is 0 Å². The number of aliphatic imine (C=N–C) groups is 1. The molecule has 0 fully saturated rings. The number of carbonyl (C=O) groups excluding carboxylic acids is 1. The van der Waals surface area contributed by atoms with Crippen LogP contribution in [0.15, 0.2) is 29.2 Å². The van der Waals surface area contributed by atoms with Gasteiger partial charge in [0, 0.05) is 25.4 Å². The Bertz CT molecular complexity index is 981. The van der Waals surface area contributed by atoms with Gasteiger partial charge in [-0.3, -0.25) is 15.1 Å². The summed E-state index contributed by atoms with van der Waals surface area (Å²) in [5.41, 5.74) is 2.76. The van der Waals surface area contributed by atoms with E-state index in [1.165, 1.54) is 23.7 Å². The smallest absolute Gasteiger partial charge is 0.278 e. The lowest BCUT2D eigenvalue weighted by atomic mass is 9.93. The zero-order valence-electron chi connectivity index (χ0n) is 13.8. The van der Waals surface area contributed by atoms with Gasteiger partial charge in [-0.1, -0.05) is 0 Å². The topological polar surface area (TPSA) is 108 Å². The van der Waals surface area contributed by atoms with Crippen LogP contribution in [0.1, 0.15) is 29.8 Å². The molecule has 25 heavy (non-hydrogen) atoms. The average molecular weight is 338 g/mol. The first-order valence-corrected chi connectivity index (χ1v) is 8.12. The van der Waals surface area contributed by atoms with E-state index in [4.69, 9.17) is 4.74 Å². The van der Waals surface area contributed by atoms with Crippen molar-refractivity contribution in [3.8, 4) is 0 Å². The van der Waals surface area contributed by atoms with Crippen LogP contribution in [0.4, 0.5) is 5.95 Å². The third-order valence-electron chi connectivity index (χ3n) is 4.36. The number of ether oxygens (including phenoxy) is 1. The van der Waals surface area contributed by atoms with E-state index in [0.29, 0.717) is 11.6 Å². The molecule has 0 saturated carbocycles. The van der Waals surface area contributed by atoms with Crippen molar-refractivity contribution in [3.63, 3.8) is 0 Å². The fraction of sp³-hybridized carbons (Fsp3) is 0.294. The van der Waals surface area contributed by atoms with Crippen molar-refractivity contribution < 1.29 is 9.53 Å². The van der Waals surface area contributed by atoms with E-state index in [0.717, 1.165) is 42.3 Å². The quantitative estimate of drug-likeness (QED) is 0.754. The number of hydrogen-bond acceptors (Lipinski definition) is 5. The van der Waals surface area contributed by atoms with Crippen LogP contribution in [-0.2, 0) is 4.74 Å². The summed E-state index contributed by atoms with van der Waals surface area (Å²) in [6.07, 6.45) is 9.44. The Labute approximate surface area is 143 Å². The Balaban J connectivity index is 1.78. The number of carbonyl (C=O) groups is 1. The van der Waals surface area contributed by atoms with Crippen LogP contribution in [-0.4, -0.2) is 45.7 Å². The zero-order chi connectivity index (χ0) is 17.2. The molecule has 4 rings (SSSR count). The summed E-state index contributed by atoms with van der Waals surface area (Å²) in [6, 6.07) is 0. The molecule has 128 valence electrons. The average Bonchev–Trinajstić information content (AvgIpc) is 3.31. The Kier molecular flexibility index (Phi) is 3.93.